The molecule has 0 aliphatic carbocycles. The summed E-state index contributed by atoms with van der Waals surface area (Å²) in [6, 6.07) is -0.132. The molecule has 1 amide bonds. The van der Waals surface area contributed by atoms with Crippen LogP contribution in [0.2, 0.25) is 0 Å². The molecule has 3 nitrogen and oxygen atoms in total. The summed E-state index contributed by atoms with van der Waals surface area (Å²) >= 11 is 0. The van der Waals surface area contributed by atoms with Crippen LogP contribution in [-0.2, 0) is 4.79 Å². The van der Waals surface area contributed by atoms with Gasteiger partial charge in [0.05, 0.1) is 6.04 Å². The number of hydrogen-bond donors (Lipinski definition) is 2. The average molecular weight is 214 g/mol. The van der Waals surface area contributed by atoms with Crippen LogP contribution in [0.4, 0.5) is 0 Å². The van der Waals surface area contributed by atoms with Crippen molar-refractivity contribution < 1.29 is 4.79 Å². The molecule has 0 heterocycles. The van der Waals surface area contributed by atoms with Gasteiger partial charge in [0.25, 0.3) is 0 Å². The van der Waals surface area contributed by atoms with E-state index in [0.29, 0.717) is 0 Å². The summed E-state index contributed by atoms with van der Waals surface area (Å²) in [5.74, 6) is 0.182. The van der Waals surface area contributed by atoms with Crippen LogP contribution >= 0.6 is 0 Å². The quantitative estimate of drug-likeness (QED) is 0.637. The summed E-state index contributed by atoms with van der Waals surface area (Å²) in [5, 5.41) is 2.96. The van der Waals surface area contributed by atoms with Crippen LogP contribution in [0.3, 0.4) is 0 Å². The molecule has 0 fully saturated rings. The fourth-order valence-electron chi connectivity index (χ4n) is 1.41. The number of carbonyl (C=O) groups is 1. The molecular formula is C12H26N2O. The maximum absolute atomic E-state index is 11.6. The van der Waals surface area contributed by atoms with Gasteiger partial charge in [0.2, 0.25) is 5.91 Å². The topological polar surface area (TPSA) is 55.1 Å². The van der Waals surface area contributed by atoms with Gasteiger partial charge in [0.15, 0.2) is 0 Å². The summed E-state index contributed by atoms with van der Waals surface area (Å²) < 4.78 is 0. The highest BCUT2D eigenvalue weighted by Crippen LogP contribution is 2.04. The number of unbranched alkanes of at least 4 members (excludes halogenated alkanes) is 2. The Bertz CT molecular complexity index is 180. The average Bonchev–Trinajstić information content (AvgIpc) is 2.16. The largest absolute Gasteiger partial charge is 0.352 e. The van der Waals surface area contributed by atoms with Crippen molar-refractivity contribution in [1.82, 2.24) is 5.32 Å². The first-order valence-corrected chi connectivity index (χ1v) is 6.05. The lowest BCUT2D eigenvalue weighted by atomic mass is 10.0. The molecule has 0 radical (unpaired) electrons. The Labute approximate surface area is 93.8 Å². The Morgan fingerprint density at radius 2 is 1.87 bits per heavy atom. The second-order valence-corrected chi connectivity index (χ2v) is 4.68. The lowest BCUT2D eigenvalue weighted by Crippen LogP contribution is -2.47. The number of nitrogens with two attached hydrogens (primary N) is 1. The van der Waals surface area contributed by atoms with E-state index in [9.17, 15) is 4.79 Å². The number of rotatable bonds is 7. The number of amides is 1. The molecule has 0 spiro atoms. The van der Waals surface area contributed by atoms with Crippen molar-refractivity contribution in [3.05, 3.63) is 0 Å². The fraction of sp³-hybridized carbons (Fsp3) is 0.917. The summed E-state index contributed by atoms with van der Waals surface area (Å²) in [4.78, 5) is 11.6. The van der Waals surface area contributed by atoms with E-state index in [0.717, 1.165) is 6.42 Å². The minimum atomic E-state index is -0.376. The second kappa shape index (κ2) is 7.69. The Kier molecular flexibility index (Phi) is 7.39. The van der Waals surface area contributed by atoms with Crippen LogP contribution < -0.4 is 11.1 Å². The van der Waals surface area contributed by atoms with Crippen LogP contribution in [0, 0.1) is 5.92 Å². The highest BCUT2D eigenvalue weighted by Gasteiger charge is 2.18. The molecule has 0 aromatic rings. The maximum Gasteiger partial charge on any atom is 0.237 e. The minimum Gasteiger partial charge on any atom is -0.352 e. The fourth-order valence-corrected chi connectivity index (χ4v) is 1.41. The molecule has 0 rings (SSSR count). The zero-order valence-corrected chi connectivity index (χ0v) is 10.5. The normalized spacial score (nSPS) is 15.1. The molecule has 2 atom stereocenters. The highest BCUT2D eigenvalue weighted by molar-refractivity contribution is 5.81. The third-order valence-corrected chi connectivity index (χ3v) is 2.65. The maximum atomic E-state index is 11.6. The lowest BCUT2D eigenvalue weighted by Gasteiger charge is -2.19. The molecule has 0 bridgehead atoms. The van der Waals surface area contributed by atoms with Crippen LogP contribution in [0.1, 0.15) is 53.4 Å². The molecular weight excluding hydrogens is 188 g/mol. The van der Waals surface area contributed by atoms with E-state index in [4.69, 9.17) is 5.73 Å². The summed E-state index contributed by atoms with van der Waals surface area (Å²) in [5.41, 5.74) is 5.75. The smallest absolute Gasteiger partial charge is 0.237 e. The molecule has 15 heavy (non-hydrogen) atoms. The van der Waals surface area contributed by atoms with Crippen molar-refractivity contribution in [3.8, 4) is 0 Å². The third kappa shape index (κ3) is 6.50. The van der Waals surface area contributed by atoms with Crippen molar-refractivity contribution in [2.24, 2.45) is 11.7 Å². The number of nitrogens with one attached hydrogen (secondary N) is 1. The molecule has 0 aliphatic rings. The van der Waals surface area contributed by atoms with E-state index in [-0.39, 0.29) is 23.9 Å². The first kappa shape index (κ1) is 14.4. The zero-order valence-electron chi connectivity index (χ0n) is 10.5. The second-order valence-electron chi connectivity index (χ2n) is 4.68. The van der Waals surface area contributed by atoms with Gasteiger partial charge in [-0.3, -0.25) is 4.79 Å². The van der Waals surface area contributed by atoms with Crippen molar-refractivity contribution in [1.29, 1.82) is 0 Å². The van der Waals surface area contributed by atoms with Gasteiger partial charge in [0, 0.05) is 6.04 Å². The predicted molar refractivity (Wildman–Crippen MR) is 64.6 cm³/mol. The molecule has 3 heteroatoms. The van der Waals surface area contributed by atoms with Crippen molar-refractivity contribution in [2.75, 3.05) is 0 Å². The Hall–Kier alpha value is -0.570. The molecule has 0 saturated heterocycles. The molecule has 0 saturated carbocycles. The van der Waals surface area contributed by atoms with Gasteiger partial charge in [0.1, 0.15) is 0 Å². The molecule has 0 aliphatic heterocycles. The summed E-state index contributed by atoms with van der Waals surface area (Å²) in [7, 11) is 0. The minimum absolute atomic E-state index is 0.0194. The van der Waals surface area contributed by atoms with Gasteiger partial charge >= 0.3 is 0 Å². The standard InChI is InChI=1S/C12H26N2O/c1-5-6-7-8-10(4)14-12(15)11(13)9(2)3/h9-11H,5-8,13H2,1-4H3,(H,14,15). The lowest BCUT2D eigenvalue weighted by molar-refractivity contribution is -0.123. The Morgan fingerprint density at radius 3 is 2.33 bits per heavy atom. The third-order valence-electron chi connectivity index (χ3n) is 2.65. The van der Waals surface area contributed by atoms with E-state index in [1.807, 2.05) is 20.8 Å². The van der Waals surface area contributed by atoms with Gasteiger partial charge in [-0.05, 0) is 19.3 Å². The van der Waals surface area contributed by atoms with Gasteiger partial charge in [-0.25, -0.2) is 0 Å². The van der Waals surface area contributed by atoms with Gasteiger partial charge < -0.3 is 11.1 Å². The van der Waals surface area contributed by atoms with Crippen LogP contribution in [0.15, 0.2) is 0 Å². The highest BCUT2D eigenvalue weighted by atomic mass is 16.2. The Morgan fingerprint density at radius 1 is 1.27 bits per heavy atom. The van der Waals surface area contributed by atoms with Crippen molar-refractivity contribution in [2.45, 2.75) is 65.5 Å². The molecule has 3 N–H and O–H groups in total. The van der Waals surface area contributed by atoms with Crippen molar-refractivity contribution in [3.63, 3.8) is 0 Å². The van der Waals surface area contributed by atoms with E-state index >= 15 is 0 Å². The SMILES string of the molecule is CCCCCC(C)NC(=O)C(N)C(C)C. The summed E-state index contributed by atoms with van der Waals surface area (Å²) in [6.07, 6.45) is 4.67. The molecule has 0 aromatic carbocycles. The van der Waals surface area contributed by atoms with Crippen LogP contribution in [0.25, 0.3) is 0 Å². The molecule has 0 aromatic heterocycles. The Balaban J connectivity index is 3.75. The number of carbonyl (C=O) groups excluding carboxylic acids is 1. The zero-order chi connectivity index (χ0) is 11.8. The van der Waals surface area contributed by atoms with E-state index in [1.54, 1.807) is 0 Å². The van der Waals surface area contributed by atoms with Crippen LogP contribution in [0.5, 0.6) is 0 Å². The predicted octanol–water partition coefficient (Wildman–Crippen LogP) is 2.05. The molecule has 2 unspecified atom stereocenters. The van der Waals surface area contributed by atoms with E-state index < -0.39 is 0 Å². The van der Waals surface area contributed by atoms with Crippen LogP contribution in [-0.4, -0.2) is 18.0 Å². The summed E-state index contributed by atoms with van der Waals surface area (Å²) in [6.45, 7) is 8.15. The van der Waals surface area contributed by atoms with Gasteiger partial charge in [-0.2, -0.15) is 0 Å². The van der Waals surface area contributed by atoms with E-state index in [2.05, 4.69) is 12.2 Å². The monoisotopic (exact) mass is 214 g/mol. The van der Waals surface area contributed by atoms with Gasteiger partial charge in [-0.1, -0.05) is 40.0 Å². The first-order valence-electron chi connectivity index (χ1n) is 6.05. The molecule has 90 valence electrons. The number of hydrogen-bond acceptors (Lipinski definition) is 2. The van der Waals surface area contributed by atoms with E-state index in [1.165, 1.54) is 19.3 Å². The van der Waals surface area contributed by atoms with Crippen molar-refractivity contribution >= 4 is 5.91 Å². The first-order chi connectivity index (χ1) is 6.99. The van der Waals surface area contributed by atoms with Gasteiger partial charge in [-0.15, -0.1) is 0 Å².